The Hall–Kier alpha value is -2.01. The maximum absolute atomic E-state index is 13.8. The number of nitrogens with zero attached hydrogens (tertiary/aromatic N) is 1. The van der Waals surface area contributed by atoms with E-state index in [2.05, 4.69) is 72.6 Å². The molecule has 3 saturated carbocycles. The maximum atomic E-state index is 13.8. The van der Waals surface area contributed by atoms with Gasteiger partial charge in [-0.05, 0) is 104 Å². The summed E-state index contributed by atoms with van der Waals surface area (Å²) in [5, 5.41) is 4.05. The van der Waals surface area contributed by atoms with Gasteiger partial charge in [0.05, 0.1) is 24.1 Å². The van der Waals surface area contributed by atoms with Crippen LogP contribution in [-0.2, 0) is 9.53 Å². The van der Waals surface area contributed by atoms with Gasteiger partial charge in [-0.1, -0.05) is 65.8 Å². The van der Waals surface area contributed by atoms with Crippen molar-refractivity contribution < 1.29 is 14.3 Å². The Morgan fingerprint density at radius 2 is 1.95 bits per heavy atom. The minimum absolute atomic E-state index is 0.00786. The molecule has 5 atom stereocenters. The smallest absolute Gasteiger partial charge is 0.322 e. The van der Waals surface area contributed by atoms with Gasteiger partial charge < -0.3 is 10.1 Å². The third kappa shape index (κ3) is 4.71. The van der Waals surface area contributed by atoms with E-state index >= 15 is 0 Å². The molecule has 0 bridgehead atoms. The second kappa shape index (κ2) is 10.1. The van der Waals surface area contributed by atoms with Crippen LogP contribution in [0, 0.1) is 34.5 Å². The van der Waals surface area contributed by atoms with Crippen molar-refractivity contribution in [2.24, 2.45) is 34.5 Å². The number of methoxy groups -OCH3 is 1. The molecule has 216 valence electrons. The summed E-state index contributed by atoms with van der Waals surface area (Å²) in [5.74, 6) is 0.787. The van der Waals surface area contributed by atoms with Crippen molar-refractivity contribution in [2.45, 2.75) is 105 Å². The first-order chi connectivity index (χ1) is 18.1. The largest absolute Gasteiger partial charge is 0.469 e. The number of fused-ring (bicyclic) bond motifs is 1. The van der Waals surface area contributed by atoms with Crippen LogP contribution in [0.2, 0.25) is 0 Å². The molecule has 0 saturated heterocycles. The molecule has 0 spiro atoms. The fourth-order valence-electron chi connectivity index (χ4n) is 7.63. The predicted octanol–water partition coefficient (Wildman–Crippen LogP) is 8.13. The molecule has 0 aromatic carbocycles. The van der Waals surface area contributed by atoms with Crippen molar-refractivity contribution in [1.82, 2.24) is 10.2 Å². The van der Waals surface area contributed by atoms with Crippen LogP contribution in [0.4, 0.5) is 4.79 Å². The van der Waals surface area contributed by atoms with E-state index in [1.54, 1.807) is 0 Å². The van der Waals surface area contributed by atoms with Crippen LogP contribution in [0.5, 0.6) is 0 Å². The molecule has 3 fully saturated rings. The van der Waals surface area contributed by atoms with Gasteiger partial charge in [0.25, 0.3) is 0 Å². The van der Waals surface area contributed by atoms with E-state index in [4.69, 9.17) is 16.3 Å². The molecular formula is C33H49ClN2O3. The number of carbonyl (C=O) groups excluding carboxylic acids is 2. The number of esters is 1. The highest BCUT2D eigenvalue weighted by molar-refractivity contribution is 6.32. The highest BCUT2D eigenvalue weighted by Crippen LogP contribution is 2.62. The minimum Gasteiger partial charge on any atom is -0.469 e. The van der Waals surface area contributed by atoms with Gasteiger partial charge in [0, 0.05) is 11.2 Å². The van der Waals surface area contributed by atoms with Crippen LogP contribution in [0.3, 0.4) is 0 Å². The van der Waals surface area contributed by atoms with Gasteiger partial charge >= 0.3 is 12.0 Å². The summed E-state index contributed by atoms with van der Waals surface area (Å²) in [6, 6.07) is -0.112. The summed E-state index contributed by atoms with van der Waals surface area (Å²) in [4.78, 5) is 27.9. The Labute approximate surface area is 241 Å². The van der Waals surface area contributed by atoms with E-state index in [1.807, 2.05) is 17.9 Å². The van der Waals surface area contributed by atoms with E-state index in [0.717, 1.165) is 48.8 Å². The van der Waals surface area contributed by atoms with Gasteiger partial charge in [0.2, 0.25) is 0 Å². The number of amides is 2. The molecule has 6 heteroatoms. The van der Waals surface area contributed by atoms with E-state index in [9.17, 15) is 9.59 Å². The molecular weight excluding hydrogens is 508 g/mol. The highest BCUT2D eigenvalue weighted by atomic mass is 35.5. The fraction of sp³-hybridized carbons (Fsp3) is 0.697. The number of carbonyl (C=O) groups is 2. The molecule has 2 unspecified atom stereocenters. The molecule has 4 aliphatic rings. The number of rotatable bonds is 8. The van der Waals surface area contributed by atoms with E-state index < -0.39 is 5.54 Å². The molecule has 2 amide bonds. The van der Waals surface area contributed by atoms with Gasteiger partial charge in [0.1, 0.15) is 0 Å². The van der Waals surface area contributed by atoms with E-state index in [1.165, 1.54) is 7.11 Å². The molecule has 4 rings (SSSR count). The second-order valence-electron chi connectivity index (χ2n) is 14.1. The molecule has 3 aliphatic carbocycles. The molecule has 5 nitrogen and oxygen atoms in total. The first-order valence-electron chi connectivity index (χ1n) is 14.7. The zero-order valence-electron chi connectivity index (χ0n) is 25.5. The predicted molar refractivity (Wildman–Crippen MR) is 159 cm³/mol. The summed E-state index contributed by atoms with van der Waals surface area (Å²) in [6.45, 7) is 22.1. The quantitative estimate of drug-likeness (QED) is 0.242. The molecule has 0 aromatic heterocycles. The normalized spacial score (nSPS) is 37.4. The monoisotopic (exact) mass is 556 g/mol. The molecule has 0 radical (unpaired) electrons. The number of hydrogen-bond acceptors (Lipinski definition) is 3. The average molecular weight is 557 g/mol. The lowest BCUT2D eigenvalue weighted by molar-refractivity contribution is -0.179. The topological polar surface area (TPSA) is 58.6 Å². The van der Waals surface area contributed by atoms with Crippen molar-refractivity contribution >= 4 is 23.6 Å². The lowest BCUT2D eigenvalue weighted by Crippen LogP contribution is -2.74. The molecule has 1 heterocycles. The van der Waals surface area contributed by atoms with Crippen molar-refractivity contribution in [1.29, 1.82) is 0 Å². The number of halogens is 1. The number of hydrogen-bond donors (Lipinski definition) is 1. The zero-order chi connectivity index (χ0) is 29.1. The second-order valence-corrected chi connectivity index (χ2v) is 14.6. The van der Waals surface area contributed by atoms with Gasteiger partial charge in [-0.3, -0.25) is 9.69 Å². The van der Waals surface area contributed by atoms with Crippen molar-refractivity contribution in [3.63, 3.8) is 0 Å². The van der Waals surface area contributed by atoms with Gasteiger partial charge in [-0.25, -0.2) is 4.79 Å². The Balaban J connectivity index is 1.62. The maximum Gasteiger partial charge on any atom is 0.322 e. The first kappa shape index (κ1) is 30.0. The first-order valence-corrected chi connectivity index (χ1v) is 15.1. The average Bonchev–Trinajstić information content (AvgIpc) is 2.85. The van der Waals surface area contributed by atoms with Crippen LogP contribution >= 0.6 is 11.6 Å². The number of ether oxygens (including phenoxy) is 1. The van der Waals surface area contributed by atoms with Crippen LogP contribution < -0.4 is 5.32 Å². The van der Waals surface area contributed by atoms with E-state index in [-0.39, 0.29) is 46.1 Å². The number of urea groups is 1. The van der Waals surface area contributed by atoms with Crippen LogP contribution in [0.1, 0.15) is 93.9 Å². The van der Waals surface area contributed by atoms with Crippen LogP contribution in [0.25, 0.3) is 0 Å². The fourth-order valence-corrected chi connectivity index (χ4v) is 7.98. The van der Waals surface area contributed by atoms with E-state index in [0.29, 0.717) is 17.4 Å². The number of nitrogens with one attached hydrogen (secondary N) is 1. The molecule has 1 N–H and O–H groups in total. The lowest BCUT2D eigenvalue weighted by atomic mass is 9.46. The van der Waals surface area contributed by atoms with Crippen LogP contribution in [-0.4, -0.2) is 35.1 Å². The summed E-state index contributed by atoms with van der Waals surface area (Å²) < 4.78 is 5.03. The van der Waals surface area contributed by atoms with Crippen LogP contribution in [0.15, 0.2) is 46.7 Å². The Kier molecular flexibility index (Phi) is 7.77. The summed E-state index contributed by atoms with van der Waals surface area (Å²) in [6.07, 6.45) is 11.8. The molecule has 0 aromatic rings. The Bertz CT molecular complexity index is 1140. The third-order valence-electron chi connectivity index (χ3n) is 11.0. The van der Waals surface area contributed by atoms with Crippen molar-refractivity contribution in [2.75, 3.05) is 7.11 Å². The summed E-state index contributed by atoms with van der Waals surface area (Å²) >= 11 is 7.00. The summed E-state index contributed by atoms with van der Waals surface area (Å²) in [5.41, 5.74) is 2.39. The minimum atomic E-state index is -0.700. The van der Waals surface area contributed by atoms with Gasteiger partial charge in [-0.15, -0.1) is 0 Å². The Morgan fingerprint density at radius 3 is 2.41 bits per heavy atom. The standard InChI is InChI=1S/C33H49ClN2O3/c1-11-20(3)26-19-36(33-14-13-25(33)24(18-33)28(37)39-10)29(38)35-32(26,9)22(12-2)15-27(34)21(4)31(8)16-23(17-31)30(5,6)7/h12,15,19-20,23-25H,4,11,13-14,16-18H2,1-3,5-10H3,(H,35,38)/b22-12+,27-15+/t20-,23?,24?,25?,31?,32-,33+/m0/s1. The summed E-state index contributed by atoms with van der Waals surface area (Å²) in [7, 11) is 1.45. The third-order valence-corrected chi connectivity index (χ3v) is 11.3. The Morgan fingerprint density at radius 1 is 1.31 bits per heavy atom. The zero-order valence-corrected chi connectivity index (χ0v) is 26.3. The number of allylic oxidation sites excluding steroid dienone is 3. The van der Waals surface area contributed by atoms with Gasteiger partial charge in [-0.2, -0.15) is 0 Å². The van der Waals surface area contributed by atoms with Crippen molar-refractivity contribution in [3.05, 3.63) is 46.7 Å². The highest BCUT2D eigenvalue weighted by Gasteiger charge is 2.67. The van der Waals surface area contributed by atoms with Gasteiger partial charge in [0.15, 0.2) is 0 Å². The lowest BCUT2D eigenvalue weighted by Gasteiger charge is -2.66. The SMILES string of the molecule is C=C(/C(Cl)=C\C(=C/C)[C@]1(C)NC(=O)N([C@@]23CCC2C(C(=O)OC)C3)C=C1[C@@H](C)CC)C1(C)CC(C(C)(C)C)C1. The van der Waals surface area contributed by atoms with Crippen molar-refractivity contribution in [3.8, 4) is 0 Å². The molecule has 39 heavy (non-hydrogen) atoms. The molecule has 1 aliphatic heterocycles.